The van der Waals surface area contributed by atoms with E-state index in [1.807, 2.05) is 4.68 Å². The van der Waals surface area contributed by atoms with Gasteiger partial charge in [-0.2, -0.15) is 5.10 Å². The summed E-state index contributed by atoms with van der Waals surface area (Å²) in [6.45, 7) is 1.16. The third kappa shape index (κ3) is 2.86. The number of nitrogens with one attached hydrogen (secondary N) is 1. The number of hydrogen-bond acceptors (Lipinski definition) is 4. The van der Waals surface area contributed by atoms with E-state index >= 15 is 0 Å². The normalized spacial score (nSPS) is 19.6. The third-order valence-electron chi connectivity index (χ3n) is 3.64. The Morgan fingerprint density at radius 2 is 2.40 bits per heavy atom. The molecule has 0 aliphatic carbocycles. The molecule has 1 aromatic heterocycles. The standard InChI is InChI=1S/C14H17FN4O/c15-11-3-1-2-10(6-11)13(20)7-16-12-4-5-14-17-9-18-19(14)8-12/h1-3,6,9,12-13,16,20H,4-5,7-8H2/t12-,13+/m1/s1. The van der Waals surface area contributed by atoms with Crippen molar-refractivity contribution in [3.63, 3.8) is 0 Å². The molecule has 0 spiro atoms. The van der Waals surface area contributed by atoms with E-state index in [4.69, 9.17) is 0 Å². The summed E-state index contributed by atoms with van der Waals surface area (Å²) in [4.78, 5) is 4.18. The molecule has 5 nitrogen and oxygen atoms in total. The molecule has 3 rings (SSSR count). The molecule has 2 N–H and O–H groups in total. The Morgan fingerprint density at radius 1 is 1.50 bits per heavy atom. The molecule has 2 atom stereocenters. The number of benzene rings is 1. The molecular formula is C14H17FN4O. The number of aliphatic hydroxyl groups excluding tert-OH is 1. The van der Waals surface area contributed by atoms with E-state index in [1.54, 1.807) is 18.5 Å². The van der Waals surface area contributed by atoms with Gasteiger partial charge in [-0.3, -0.25) is 0 Å². The molecule has 2 aromatic rings. The molecule has 6 heteroatoms. The fraction of sp³-hybridized carbons (Fsp3) is 0.429. The number of halogens is 1. The van der Waals surface area contributed by atoms with Crippen LogP contribution in [0.1, 0.15) is 23.9 Å². The third-order valence-corrected chi connectivity index (χ3v) is 3.64. The zero-order chi connectivity index (χ0) is 13.9. The molecule has 0 saturated carbocycles. The lowest BCUT2D eigenvalue weighted by molar-refractivity contribution is 0.164. The van der Waals surface area contributed by atoms with Crippen molar-refractivity contribution in [1.82, 2.24) is 20.1 Å². The summed E-state index contributed by atoms with van der Waals surface area (Å²) >= 11 is 0. The van der Waals surface area contributed by atoms with Crippen molar-refractivity contribution in [2.24, 2.45) is 0 Å². The maximum Gasteiger partial charge on any atom is 0.138 e. The minimum atomic E-state index is -0.706. The van der Waals surface area contributed by atoms with Crippen molar-refractivity contribution in [2.75, 3.05) is 6.54 Å². The number of nitrogens with zero attached hydrogens (tertiary/aromatic N) is 3. The van der Waals surface area contributed by atoms with Crippen LogP contribution in [0.25, 0.3) is 0 Å². The van der Waals surface area contributed by atoms with Gasteiger partial charge in [0.05, 0.1) is 12.6 Å². The molecule has 0 fully saturated rings. The van der Waals surface area contributed by atoms with E-state index in [1.165, 1.54) is 12.1 Å². The summed E-state index contributed by atoms with van der Waals surface area (Å²) in [6, 6.07) is 6.33. The molecule has 0 saturated heterocycles. The summed E-state index contributed by atoms with van der Waals surface area (Å²) in [7, 11) is 0. The van der Waals surface area contributed by atoms with Crippen LogP contribution in [0.2, 0.25) is 0 Å². The summed E-state index contributed by atoms with van der Waals surface area (Å²) in [5.41, 5.74) is 0.592. The van der Waals surface area contributed by atoms with Crippen LogP contribution in [-0.2, 0) is 13.0 Å². The topological polar surface area (TPSA) is 63.0 Å². The van der Waals surface area contributed by atoms with Crippen molar-refractivity contribution in [3.8, 4) is 0 Å². The molecule has 1 aliphatic rings. The van der Waals surface area contributed by atoms with Crippen LogP contribution < -0.4 is 5.32 Å². The summed E-state index contributed by atoms with van der Waals surface area (Å²) in [5, 5.41) is 17.5. The predicted molar refractivity (Wildman–Crippen MR) is 71.5 cm³/mol. The second kappa shape index (κ2) is 5.68. The maximum absolute atomic E-state index is 13.1. The maximum atomic E-state index is 13.1. The minimum absolute atomic E-state index is 0.257. The van der Waals surface area contributed by atoms with E-state index in [0.717, 1.165) is 25.2 Å². The summed E-state index contributed by atoms with van der Waals surface area (Å²) in [5.74, 6) is 0.681. The highest BCUT2D eigenvalue weighted by Crippen LogP contribution is 2.15. The lowest BCUT2D eigenvalue weighted by Gasteiger charge is -2.25. The van der Waals surface area contributed by atoms with Crippen LogP contribution >= 0.6 is 0 Å². The lowest BCUT2D eigenvalue weighted by atomic mass is 10.1. The number of aryl methyl sites for hydroxylation is 1. The van der Waals surface area contributed by atoms with Gasteiger partial charge in [-0.25, -0.2) is 14.1 Å². The smallest absolute Gasteiger partial charge is 0.138 e. The largest absolute Gasteiger partial charge is 0.387 e. The van der Waals surface area contributed by atoms with E-state index < -0.39 is 6.10 Å². The van der Waals surface area contributed by atoms with Gasteiger partial charge in [-0.15, -0.1) is 0 Å². The Bertz CT molecular complexity index is 586. The van der Waals surface area contributed by atoms with Crippen molar-refractivity contribution in [1.29, 1.82) is 0 Å². The van der Waals surface area contributed by atoms with Crippen LogP contribution in [0.15, 0.2) is 30.6 Å². The minimum Gasteiger partial charge on any atom is -0.387 e. The van der Waals surface area contributed by atoms with Crippen LogP contribution in [0.5, 0.6) is 0 Å². The fourth-order valence-electron chi connectivity index (χ4n) is 2.51. The zero-order valence-corrected chi connectivity index (χ0v) is 11.0. The Morgan fingerprint density at radius 3 is 3.25 bits per heavy atom. The molecule has 20 heavy (non-hydrogen) atoms. The number of aromatic nitrogens is 3. The predicted octanol–water partition coefficient (Wildman–Crippen LogP) is 1.06. The van der Waals surface area contributed by atoms with Crippen LogP contribution in [-0.4, -0.2) is 32.5 Å². The van der Waals surface area contributed by atoms with E-state index in [-0.39, 0.29) is 11.9 Å². The molecule has 0 radical (unpaired) electrons. The van der Waals surface area contributed by atoms with Gasteiger partial charge in [0.2, 0.25) is 0 Å². The quantitative estimate of drug-likeness (QED) is 0.876. The van der Waals surface area contributed by atoms with Crippen LogP contribution in [0.4, 0.5) is 4.39 Å². The lowest BCUT2D eigenvalue weighted by Crippen LogP contribution is -2.39. The first kappa shape index (κ1) is 13.2. The first-order valence-electron chi connectivity index (χ1n) is 6.76. The summed E-state index contributed by atoms with van der Waals surface area (Å²) in [6.07, 6.45) is 2.71. The van der Waals surface area contributed by atoms with Gasteiger partial charge in [0.25, 0.3) is 0 Å². The number of aliphatic hydroxyl groups is 1. The highest BCUT2D eigenvalue weighted by atomic mass is 19.1. The number of fused-ring (bicyclic) bond motifs is 1. The van der Waals surface area contributed by atoms with Crippen LogP contribution in [0, 0.1) is 5.82 Å². The first-order chi connectivity index (χ1) is 9.72. The zero-order valence-electron chi connectivity index (χ0n) is 11.0. The fourth-order valence-corrected chi connectivity index (χ4v) is 2.51. The summed E-state index contributed by atoms with van der Waals surface area (Å²) < 4.78 is 15.0. The van der Waals surface area contributed by atoms with Crippen molar-refractivity contribution in [3.05, 3.63) is 47.8 Å². The Labute approximate surface area is 116 Å². The monoisotopic (exact) mass is 276 g/mol. The second-order valence-corrected chi connectivity index (χ2v) is 5.07. The van der Waals surface area contributed by atoms with Gasteiger partial charge >= 0.3 is 0 Å². The van der Waals surface area contributed by atoms with E-state index in [2.05, 4.69) is 15.4 Å². The van der Waals surface area contributed by atoms with Crippen molar-refractivity contribution < 1.29 is 9.50 Å². The first-order valence-corrected chi connectivity index (χ1v) is 6.76. The molecule has 0 amide bonds. The van der Waals surface area contributed by atoms with Crippen molar-refractivity contribution >= 4 is 0 Å². The van der Waals surface area contributed by atoms with E-state index in [0.29, 0.717) is 12.1 Å². The second-order valence-electron chi connectivity index (χ2n) is 5.07. The van der Waals surface area contributed by atoms with Gasteiger partial charge in [0.1, 0.15) is 18.0 Å². The number of rotatable bonds is 4. The Kier molecular flexibility index (Phi) is 3.75. The SMILES string of the molecule is O[C@@H](CN[C@@H]1CCc2ncnn2C1)c1cccc(F)c1. The highest BCUT2D eigenvalue weighted by Gasteiger charge is 2.20. The molecule has 2 heterocycles. The molecule has 0 bridgehead atoms. The molecular weight excluding hydrogens is 259 g/mol. The van der Waals surface area contributed by atoms with Gasteiger partial charge < -0.3 is 10.4 Å². The molecule has 1 aromatic carbocycles. The average molecular weight is 276 g/mol. The van der Waals surface area contributed by atoms with Gasteiger partial charge in [-0.05, 0) is 24.1 Å². The van der Waals surface area contributed by atoms with Crippen molar-refractivity contribution in [2.45, 2.75) is 31.5 Å². The molecule has 0 unspecified atom stereocenters. The highest BCUT2D eigenvalue weighted by molar-refractivity contribution is 5.19. The average Bonchev–Trinajstić information content (AvgIpc) is 2.92. The van der Waals surface area contributed by atoms with Gasteiger partial charge in [0, 0.05) is 19.0 Å². The Balaban J connectivity index is 1.55. The van der Waals surface area contributed by atoms with E-state index in [9.17, 15) is 9.50 Å². The Hall–Kier alpha value is -1.79. The van der Waals surface area contributed by atoms with Gasteiger partial charge in [-0.1, -0.05) is 12.1 Å². The molecule has 106 valence electrons. The van der Waals surface area contributed by atoms with Gasteiger partial charge in [0.15, 0.2) is 0 Å². The number of hydrogen-bond donors (Lipinski definition) is 2. The van der Waals surface area contributed by atoms with Crippen LogP contribution in [0.3, 0.4) is 0 Å². The molecule has 1 aliphatic heterocycles.